The average Bonchev–Trinajstić information content (AvgIpc) is 2.83. The summed E-state index contributed by atoms with van der Waals surface area (Å²) in [5, 5.41) is 0. The first kappa shape index (κ1) is 26.2. The highest BCUT2D eigenvalue weighted by molar-refractivity contribution is 9.10. The summed E-state index contributed by atoms with van der Waals surface area (Å²) in [5.41, 5.74) is 3.23. The van der Waals surface area contributed by atoms with Crippen LogP contribution in [-0.2, 0) is 16.1 Å². The largest absolute Gasteiger partial charge is 0.493 e. The zero-order valence-corrected chi connectivity index (χ0v) is 22.0. The highest BCUT2D eigenvalue weighted by Crippen LogP contribution is 2.42. The number of ether oxygens (including phenoxy) is 4. The van der Waals surface area contributed by atoms with E-state index in [0.717, 1.165) is 5.56 Å². The van der Waals surface area contributed by atoms with Crippen LogP contribution in [0.25, 0.3) is 11.1 Å². The van der Waals surface area contributed by atoms with Crippen molar-refractivity contribution < 1.29 is 28.5 Å². The molecule has 0 unspecified atom stereocenters. The summed E-state index contributed by atoms with van der Waals surface area (Å²) in [6.07, 6.45) is 0. The van der Waals surface area contributed by atoms with E-state index in [9.17, 15) is 9.59 Å². The lowest BCUT2D eigenvalue weighted by Crippen LogP contribution is -2.17. The molecule has 0 radical (unpaired) electrons. The lowest BCUT2D eigenvalue weighted by Gasteiger charge is -2.20. The normalized spacial score (nSPS) is 10.6. The van der Waals surface area contributed by atoms with Gasteiger partial charge in [0.15, 0.2) is 11.5 Å². The van der Waals surface area contributed by atoms with Crippen molar-refractivity contribution in [3.05, 3.63) is 75.0 Å². The summed E-state index contributed by atoms with van der Waals surface area (Å²) in [4.78, 5) is 30.4. The van der Waals surface area contributed by atoms with Crippen LogP contribution in [0, 0.1) is 13.8 Å². The number of aryl methyl sites for hydroxylation is 2. The first-order valence-electron chi connectivity index (χ1n) is 11.2. The second-order valence-electron chi connectivity index (χ2n) is 7.61. The van der Waals surface area contributed by atoms with Gasteiger partial charge in [-0.25, -0.2) is 9.59 Å². The molecule has 3 rings (SSSR count). The van der Waals surface area contributed by atoms with Gasteiger partial charge in [-0.05, 0) is 66.9 Å². The van der Waals surface area contributed by atoms with E-state index in [1.807, 2.05) is 30.3 Å². The Morgan fingerprint density at radius 1 is 0.914 bits per heavy atom. The lowest BCUT2D eigenvalue weighted by molar-refractivity contribution is 0.0525. The number of hydrogen-bond donors (Lipinski definition) is 0. The van der Waals surface area contributed by atoms with Gasteiger partial charge < -0.3 is 18.9 Å². The Labute approximate surface area is 213 Å². The molecule has 0 fully saturated rings. The van der Waals surface area contributed by atoms with Gasteiger partial charge in [-0.3, -0.25) is 4.98 Å². The minimum atomic E-state index is -0.572. The maximum Gasteiger partial charge on any atom is 0.340 e. The molecule has 0 aliphatic carbocycles. The Balaban J connectivity index is 2.21. The number of nitrogens with zero attached hydrogens (tertiary/aromatic N) is 1. The quantitative estimate of drug-likeness (QED) is 0.304. The fraction of sp³-hybridized carbons (Fsp3) is 0.296. The van der Waals surface area contributed by atoms with Gasteiger partial charge in [0, 0.05) is 5.56 Å². The monoisotopic (exact) mass is 541 g/mol. The van der Waals surface area contributed by atoms with E-state index in [-0.39, 0.29) is 24.3 Å². The number of carbonyl (C=O) groups excluding carboxylic acids is 2. The predicted octanol–water partition coefficient (Wildman–Crippen LogP) is 6.07. The fourth-order valence-electron chi connectivity index (χ4n) is 3.78. The summed E-state index contributed by atoms with van der Waals surface area (Å²) in [6.45, 7) is 7.56. The van der Waals surface area contributed by atoms with E-state index in [1.165, 1.54) is 7.11 Å². The van der Waals surface area contributed by atoms with Crippen LogP contribution in [0.2, 0.25) is 0 Å². The highest BCUT2D eigenvalue weighted by atomic mass is 79.9. The lowest BCUT2D eigenvalue weighted by atomic mass is 9.92. The van der Waals surface area contributed by atoms with Crippen LogP contribution in [0.1, 0.15) is 51.5 Å². The van der Waals surface area contributed by atoms with E-state index in [1.54, 1.807) is 39.8 Å². The Morgan fingerprint density at radius 3 is 2.00 bits per heavy atom. The Morgan fingerprint density at radius 2 is 1.49 bits per heavy atom. The highest BCUT2D eigenvalue weighted by Gasteiger charge is 2.29. The van der Waals surface area contributed by atoms with Crippen LogP contribution in [0.4, 0.5) is 0 Å². The zero-order valence-electron chi connectivity index (χ0n) is 20.4. The van der Waals surface area contributed by atoms with Crippen molar-refractivity contribution in [1.29, 1.82) is 0 Å². The third-order valence-electron chi connectivity index (χ3n) is 5.26. The van der Waals surface area contributed by atoms with Crippen LogP contribution < -0.4 is 9.47 Å². The molecular formula is C27H28BrNO6. The molecule has 0 bridgehead atoms. The van der Waals surface area contributed by atoms with Crippen molar-refractivity contribution in [2.24, 2.45) is 0 Å². The standard InChI is InChI=1S/C27H28BrNO6/c1-6-33-26(30)22-16(3)29-17(4)23(27(31)34-7-2)24(22)19-13-20(28)25(21(14-19)32-5)35-15-18-11-9-8-10-12-18/h8-14H,6-7,15H2,1-5H3. The van der Waals surface area contributed by atoms with Gasteiger partial charge in [0.25, 0.3) is 0 Å². The molecule has 0 aliphatic rings. The van der Waals surface area contributed by atoms with Gasteiger partial charge >= 0.3 is 11.9 Å². The van der Waals surface area contributed by atoms with Crippen molar-refractivity contribution in [2.45, 2.75) is 34.3 Å². The molecule has 0 aliphatic heterocycles. The van der Waals surface area contributed by atoms with Gasteiger partial charge in [-0.1, -0.05) is 30.3 Å². The molecule has 3 aromatic rings. The van der Waals surface area contributed by atoms with Crippen molar-refractivity contribution >= 4 is 27.9 Å². The van der Waals surface area contributed by atoms with Crippen molar-refractivity contribution in [1.82, 2.24) is 4.98 Å². The SMILES string of the molecule is CCOC(=O)c1c(C)nc(C)c(C(=O)OCC)c1-c1cc(Br)c(OCc2ccccc2)c(OC)c1. The van der Waals surface area contributed by atoms with Crippen LogP contribution in [-0.4, -0.2) is 37.2 Å². The molecule has 1 aromatic heterocycles. The smallest absolute Gasteiger partial charge is 0.340 e. The molecule has 7 nitrogen and oxygen atoms in total. The molecule has 0 N–H and O–H groups in total. The number of carbonyl (C=O) groups is 2. The topological polar surface area (TPSA) is 84.0 Å². The van der Waals surface area contributed by atoms with Gasteiger partial charge in [0.05, 0.1) is 47.3 Å². The first-order chi connectivity index (χ1) is 16.8. The molecule has 1 heterocycles. The van der Waals surface area contributed by atoms with E-state index in [4.69, 9.17) is 18.9 Å². The van der Waals surface area contributed by atoms with E-state index < -0.39 is 11.9 Å². The van der Waals surface area contributed by atoms with Crippen LogP contribution in [0.5, 0.6) is 11.5 Å². The Bertz CT molecular complexity index is 1180. The van der Waals surface area contributed by atoms with Gasteiger partial charge in [0.1, 0.15) is 6.61 Å². The van der Waals surface area contributed by atoms with Crippen LogP contribution in [0.15, 0.2) is 46.9 Å². The fourth-order valence-corrected chi connectivity index (χ4v) is 4.34. The first-order valence-corrected chi connectivity index (χ1v) is 12.0. The number of halogens is 1. The Hall–Kier alpha value is -3.39. The summed E-state index contributed by atoms with van der Waals surface area (Å²) in [7, 11) is 1.53. The second kappa shape index (κ2) is 11.8. The number of rotatable bonds is 9. The number of pyridine rings is 1. The van der Waals surface area contributed by atoms with Gasteiger partial charge in [0.2, 0.25) is 0 Å². The molecule has 0 atom stereocenters. The number of hydrogen-bond acceptors (Lipinski definition) is 7. The molecule has 184 valence electrons. The molecule has 0 saturated carbocycles. The van der Waals surface area contributed by atoms with Crippen LogP contribution in [0.3, 0.4) is 0 Å². The van der Waals surface area contributed by atoms with E-state index in [0.29, 0.717) is 45.1 Å². The minimum Gasteiger partial charge on any atom is -0.493 e. The van der Waals surface area contributed by atoms with Gasteiger partial charge in [-0.15, -0.1) is 0 Å². The third kappa shape index (κ3) is 5.82. The zero-order chi connectivity index (χ0) is 25.5. The molecule has 35 heavy (non-hydrogen) atoms. The summed E-state index contributed by atoms with van der Waals surface area (Å²) >= 11 is 3.58. The van der Waals surface area contributed by atoms with Crippen molar-refractivity contribution in [2.75, 3.05) is 20.3 Å². The molecule has 0 amide bonds. The second-order valence-corrected chi connectivity index (χ2v) is 8.47. The number of aromatic nitrogens is 1. The molecule has 0 saturated heterocycles. The Kier molecular flexibility index (Phi) is 8.87. The third-order valence-corrected chi connectivity index (χ3v) is 5.85. The molecule has 8 heteroatoms. The number of methoxy groups -OCH3 is 1. The van der Waals surface area contributed by atoms with Crippen LogP contribution >= 0.6 is 15.9 Å². The minimum absolute atomic E-state index is 0.180. The van der Waals surface area contributed by atoms with Crippen molar-refractivity contribution in [3.8, 4) is 22.6 Å². The van der Waals surface area contributed by atoms with Crippen molar-refractivity contribution in [3.63, 3.8) is 0 Å². The summed E-state index contributed by atoms with van der Waals surface area (Å²) in [5.74, 6) is -0.213. The summed E-state index contributed by atoms with van der Waals surface area (Å²) in [6, 6.07) is 13.3. The van der Waals surface area contributed by atoms with E-state index >= 15 is 0 Å². The number of esters is 2. The predicted molar refractivity (Wildman–Crippen MR) is 136 cm³/mol. The summed E-state index contributed by atoms with van der Waals surface area (Å²) < 4.78 is 22.9. The maximum absolute atomic E-state index is 13.0. The number of benzene rings is 2. The molecule has 2 aromatic carbocycles. The van der Waals surface area contributed by atoms with Gasteiger partial charge in [-0.2, -0.15) is 0 Å². The molecule has 0 spiro atoms. The average molecular weight is 542 g/mol. The maximum atomic E-state index is 13.0. The van der Waals surface area contributed by atoms with E-state index in [2.05, 4.69) is 20.9 Å². The molecular weight excluding hydrogens is 514 g/mol.